The lowest BCUT2D eigenvalue weighted by molar-refractivity contribution is -0.131. The van der Waals surface area contributed by atoms with E-state index in [1.807, 2.05) is 9.80 Å². The second-order valence-electron chi connectivity index (χ2n) is 6.84. The quantitative estimate of drug-likeness (QED) is 0.839. The van der Waals surface area contributed by atoms with Crippen LogP contribution in [0.3, 0.4) is 0 Å². The Hall–Kier alpha value is -1.30. The Kier molecular flexibility index (Phi) is 6.69. The van der Waals surface area contributed by atoms with Crippen LogP contribution in [-0.2, 0) is 9.53 Å². The highest BCUT2D eigenvalue weighted by Crippen LogP contribution is 2.41. The zero-order valence-electron chi connectivity index (χ0n) is 14.6. The lowest BCUT2D eigenvalue weighted by Crippen LogP contribution is -2.47. The van der Waals surface area contributed by atoms with Gasteiger partial charge < -0.3 is 19.9 Å². The third-order valence-electron chi connectivity index (χ3n) is 5.34. The second-order valence-corrected chi connectivity index (χ2v) is 6.84. The molecule has 3 amide bonds. The van der Waals surface area contributed by atoms with Gasteiger partial charge in [0.25, 0.3) is 0 Å². The third kappa shape index (κ3) is 4.83. The van der Waals surface area contributed by atoms with Crippen molar-refractivity contribution in [1.82, 2.24) is 15.1 Å². The zero-order chi connectivity index (χ0) is 16.7. The largest absolute Gasteiger partial charge is 0.383 e. The van der Waals surface area contributed by atoms with Gasteiger partial charge in [0, 0.05) is 46.3 Å². The first kappa shape index (κ1) is 18.0. The van der Waals surface area contributed by atoms with E-state index in [1.165, 1.54) is 0 Å². The minimum atomic E-state index is 0.0631. The van der Waals surface area contributed by atoms with E-state index in [9.17, 15) is 9.59 Å². The molecular formula is C17H31N3O3. The van der Waals surface area contributed by atoms with Crippen LogP contribution >= 0.6 is 0 Å². The van der Waals surface area contributed by atoms with E-state index in [0.717, 1.165) is 58.3 Å². The van der Waals surface area contributed by atoms with Crippen molar-refractivity contribution in [1.29, 1.82) is 0 Å². The van der Waals surface area contributed by atoms with Crippen LogP contribution in [0.15, 0.2) is 0 Å². The molecule has 132 valence electrons. The fourth-order valence-electron chi connectivity index (χ4n) is 3.62. The molecule has 0 atom stereocenters. The summed E-state index contributed by atoms with van der Waals surface area (Å²) in [6, 6.07) is 0.0631. The molecule has 2 rings (SSSR count). The molecule has 1 N–H and O–H groups in total. The van der Waals surface area contributed by atoms with Crippen molar-refractivity contribution in [3.63, 3.8) is 0 Å². The number of hydrogen-bond acceptors (Lipinski definition) is 3. The molecule has 0 radical (unpaired) electrons. The average Bonchev–Trinajstić information content (AvgIpc) is 2.72. The molecule has 0 aromatic heterocycles. The van der Waals surface area contributed by atoms with Crippen LogP contribution < -0.4 is 5.32 Å². The molecule has 0 bridgehead atoms. The maximum absolute atomic E-state index is 12.2. The number of ether oxygens (including phenoxy) is 1. The maximum Gasteiger partial charge on any atom is 0.317 e. The fourth-order valence-corrected chi connectivity index (χ4v) is 3.62. The Morgan fingerprint density at radius 2 is 1.91 bits per heavy atom. The summed E-state index contributed by atoms with van der Waals surface area (Å²) in [5.74, 6) is 0.252. The summed E-state index contributed by atoms with van der Waals surface area (Å²) >= 11 is 0. The van der Waals surface area contributed by atoms with Gasteiger partial charge in [-0.25, -0.2) is 4.79 Å². The number of hydrogen-bond donors (Lipinski definition) is 1. The first-order valence-corrected chi connectivity index (χ1v) is 8.90. The number of amides is 3. The van der Waals surface area contributed by atoms with Crippen molar-refractivity contribution < 1.29 is 14.3 Å². The number of methoxy groups -OCH3 is 1. The first-order valence-electron chi connectivity index (χ1n) is 8.90. The Morgan fingerprint density at radius 3 is 2.57 bits per heavy atom. The number of carbonyl (C=O) groups is 2. The monoisotopic (exact) mass is 325 g/mol. The molecular weight excluding hydrogens is 294 g/mol. The Balaban J connectivity index is 1.85. The number of rotatable bonds is 5. The molecule has 6 heteroatoms. The number of nitrogens with zero attached hydrogens (tertiary/aromatic N) is 2. The van der Waals surface area contributed by atoms with Gasteiger partial charge in [0.05, 0.1) is 6.61 Å². The number of urea groups is 1. The van der Waals surface area contributed by atoms with Gasteiger partial charge in [0.15, 0.2) is 0 Å². The van der Waals surface area contributed by atoms with Crippen molar-refractivity contribution >= 4 is 11.9 Å². The predicted molar refractivity (Wildman–Crippen MR) is 89.2 cm³/mol. The fraction of sp³-hybridized carbons (Fsp3) is 0.882. The first-order chi connectivity index (χ1) is 11.1. The van der Waals surface area contributed by atoms with Crippen LogP contribution in [0.1, 0.15) is 45.4 Å². The lowest BCUT2D eigenvalue weighted by atomic mass is 9.73. The Labute approximate surface area is 139 Å². The van der Waals surface area contributed by atoms with Crippen LogP contribution in [-0.4, -0.2) is 68.2 Å². The highest BCUT2D eigenvalue weighted by atomic mass is 16.5. The van der Waals surface area contributed by atoms with E-state index in [4.69, 9.17) is 4.74 Å². The highest BCUT2D eigenvalue weighted by Gasteiger charge is 2.38. The topological polar surface area (TPSA) is 61.9 Å². The number of nitrogens with one attached hydrogen (secondary N) is 1. The van der Waals surface area contributed by atoms with Crippen LogP contribution in [0, 0.1) is 5.41 Å². The summed E-state index contributed by atoms with van der Waals surface area (Å²) in [6.45, 7) is 6.53. The van der Waals surface area contributed by atoms with Crippen LogP contribution in [0.5, 0.6) is 0 Å². The summed E-state index contributed by atoms with van der Waals surface area (Å²) in [5.41, 5.74) is 0.235. The third-order valence-corrected chi connectivity index (χ3v) is 5.34. The molecule has 0 aliphatic carbocycles. The molecule has 0 saturated carbocycles. The van der Waals surface area contributed by atoms with Gasteiger partial charge in [-0.3, -0.25) is 4.79 Å². The van der Waals surface area contributed by atoms with Gasteiger partial charge in [-0.1, -0.05) is 6.92 Å². The van der Waals surface area contributed by atoms with Crippen molar-refractivity contribution in [2.75, 3.05) is 46.4 Å². The van der Waals surface area contributed by atoms with E-state index in [0.29, 0.717) is 19.6 Å². The second kappa shape index (κ2) is 8.52. The smallest absolute Gasteiger partial charge is 0.317 e. The number of piperidine rings is 1. The SMILES string of the molecule is CCCNC(=O)N1CCC2(CCC(=O)N(CCOC)CC2)CC1. The van der Waals surface area contributed by atoms with E-state index < -0.39 is 0 Å². The molecule has 0 aromatic rings. The zero-order valence-corrected chi connectivity index (χ0v) is 14.6. The van der Waals surface area contributed by atoms with E-state index in [2.05, 4.69) is 12.2 Å². The van der Waals surface area contributed by atoms with Crippen LogP contribution in [0.2, 0.25) is 0 Å². The summed E-state index contributed by atoms with van der Waals surface area (Å²) in [5, 5.41) is 2.95. The Morgan fingerprint density at radius 1 is 1.22 bits per heavy atom. The van der Waals surface area contributed by atoms with Gasteiger partial charge in [-0.05, 0) is 37.5 Å². The summed E-state index contributed by atoms with van der Waals surface area (Å²) in [4.78, 5) is 28.2. The van der Waals surface area contributed by atoms with Gasteiger partial charge in [-0.15, -0.1) is 0 Å². The normalized spacial score (nSPS) is 21.4. The molecule has 6 nitrogen and oxygen atoms in total. The maximum atomic E-state index is 12.2. The van der Waals surface area contributed by atoms with Gasteiger partial charge in [0.1, 0.15) is 0 Å². The van der Waals surface area contributed by atoms with Gasteiger partial charge in [0.2, 0.25) is 5.91 Å². The molecule has 23 heavy (non-hydrogen) atoms. The summed E-state index contributed by atoms with van der Waals surface area (Å²) < 4.78 is 5.10. The molecule has 0 unspecified atom stereocenters. The highest BCUT2D eigenvalue weighted by molar-refractivity contribution is 5.76. The lowest BCUT2D eigenvalue weighted by Gasteiger charge is -2.41. The number of likely N-dealkylation sites (tertiary alicyclic amines) is 2. The summed E-state index contributed by atoms with van der Waals surface area (Å²) in [6.07, 6.45) is 5.62. The standard InChI is InChI=1S/C17H31N3O3/c1-3-9-18-16(22)20-11-7-17(8-12-20)5-4-15(21)19(10-6-17)13-14-23-2/h3-14H2,1-2H3,(H,18,22). The van der Waals surface area contributed by atoms with Crippen molar-refractivity contribution in [3.8, 4) is 0 Å². The van der Waals surface area contributed by atoms with Crippen molar-refractivity contribution in [2.24, 2.45) is 5.41 Å². The Bertz CT molecular complexity index is 406. The van der Waals surface area contributed by atoms with Crippen molar-refractivity contribution in [2.45, 2.75) is 45.4 Å². The van der Waals surface area contributed by atoms with Gasteiger partial charge in [-0.2, -0.15) is 0 Å². The van der Waals surface area contributed by atoms with Crippen molar-refractivity contribution in [3.05, 3.63) is 0 Å². The average molecular weight is 325 g/mol. The van der Waals surface area contributed by atoms with Gasteiger partial charge >= 0.3 is 6.03 Å². The van der Waals surface area contributed by atoms with Crippen LogP contribution in [0.4, 0.5) is 4.79 Å². The van der Waals surface area contributed by atoms with E-state index in [1.54, 1.807) is 7.11 Å². The number of carbonyl (C=O) groups excluding carboxylic acids is 2. The molecule has 2 aliphatic heterocycles. The van der Waals surface area contributed by atoms with E-state index in [-0.39, 0.29) is 17.4 Å². The molecule has 2 aliphatic rings. The minimum Gasteiger partial charge on any atom is -0.383 e. The molecule has 0 aromatic carbocycles. The van der Waals surface area contributed by atoms with E-state index >= 15 is 0 Å². The molecule has 2 saturated heterocycles. The summed E-state index contributed by atoms with van der Waals surface area (Å²) in [7, 11) is 1.67. The predicted octanol–water partition coefficient (Wildman–Crippen LogP) is 1.85. The molecule has 1 spiro atoms. The van der Waals surface area contributed by atoms with Crippen LogP contribution in [0.25, 0.3) is 0 Å². The minimum absolute atomic E-state index is 0.0631. The molecule has 2 fully saturated rings. The molecule has 2 heterocycles.